The summed E-state index contributed by atoms with van der Waals surface area (Å²) in [5.41, 5.74) is 4.69. The summed E-state index contributed by atoms with van der Waals surface area (Å²) in [5, 5.41) is 12.5. The number of aromatic amines is 1. The smallest absolute Gasteiger partial charge is 0.338 e. The number of amides is 1. The minimum Gasteiger partial charge on any atom is -0.478 e. The predicted octanol–water partition coefficient (Wildman–Crippen LogP) is 4.94. The van der Waals surface area contributed by atoms with Gasteiger partial charge in [0.1, 0.15) is 0 Å². The van der Waals surface area contributed by atoms with Crippen molar-refractivity contribution in [1.29, 1.82) is 0 Å². The van der Waals surface area contributed by atoms with E-state index in [4.69, 9.17) is 0 Å². The summed E-state index contributed by atoms with van der Waals surface area (Å²) in [7, 11) is 0. The third-order valence-electron chi connectivity index (χ3n) is 4.55. The van der Waals surface area contributed by atoms with Gasteiger partial charge in [-0.15, -0.1) is 0 Å². The average molecular weight is 423 g/mol. The van der Waals surface area contributed by atoms with Gasteiger partial charge < -0.3 is 15.4 Å². The fraction of sp³-hybridized carbons (Fsp3) is 0.0476. The van der Waals surface area contributed by atoms with Crippen molar-refractivity contribution in [2.75, 3.05) is 5.32 Å². The van der Waals surface area contributed by atoms with Crippen LogP contribution in [0.3, 0.4) is 0 Å². The molecular formula is C21H15BrN2O3. The molecule has 5 nitrogen and oxygen atoms in total. The molecule has 1 aliphatic heterocycles. The second kappa shape index (κ2) is 6.55. The van der Waals surface area contributed by atoms with Crippen LogP contribution >= 0.6 is 15.9 Å². The van der Waals surface area contributed by atoms with Crippen molar-refractivity contribution in [3.05, 3.63) is 75.5 Å². The van der Waals surface area contributed by atoms with Gasteiger partial charge in [-0.05, 0) is 36.8 Å². The number of carbonyl (C=O) groups excluding carboxylic acids is 1. The number of carbonyl (C=O) groups is 2. The van der Waals surface area contributed by atoms with Gasteiger partial charge in [0.15, 0.2) is 0 Å². The molecule has 2 heterocycles. The highest BCUT2D eigenvalue weighted by Gasteiger charge is 2.27. The number of rotatable bonds is 3. The Morgan fingerprint density at radius 2 is 1.89 bits per heavy atom. The van der Waals surface area contributed by atoms with E-state index in [9.17, 15) is 14.7 Å². The Labute approximate surface area is 163 Å². The first-order valence-corrected chi connectivity index (χ1v) is 9.09. The fourth-order valence-corrected chi connectivity index (χ4v) is 3.74. The van der Waals surface area contributed by atoms with Gasteiger partial charge in [0, 0.05) is 32.7 Å². The number of benzene rings is 2. The molecule has 3 N–H and O–H groups in total. The number of aromatic carboxylic acids is 1. The summed E-state index contributed by atoms with van der Waals surface area (Å²) in [6.45, 7) is 1.72. The van der Waals surface area contributed by atoms with Gasteiger partial charge in [-0.2, -0.15) is 0 Å². The van der Waals surface area contributed by atoms with Crippen LogP contribution in [0.5, 0.6) is 0 Å². The third kappa shape index (κ3) is 2.98. The van der Waals surface area contributed by atoms with Crippen LogP contribution in [0, 0.1) is 6.92 Å². The number of aryl methyl sites for hydroxylation is 1. The van der Waals surface area contributed by atoms with E-state index >= 15 is 0 Å². The van der Waals surface area contributed by atoms with E-state index in [1.165, 1.54) is 0 Å². The van der Waals surface area contributed by atoms with Crippen molar-refractivity contribution < 1.29 is 14.7 Å². The molecule has 0 fully saturated rings. The van der Waals surface area contributed by atoms with Crippen LogP contribution in [0.25, 0.3) is 22.8 Å². The van der Waals surface area contributed by atoms with Crippen LogP contribution in [0.15, 0.2) is 53.0 Å². The molecule has 1 aromatic heterocycles. The van der Waals surface area contributed by atoms with Gasteiger partial charge in [-0.3, -0.25) is 4.79 Å². The van der Waals surface area contributed by atoms with E-state index in [0.717, 1.165) is 21.3 Å². The van der Waals surface area contributed by atoms with Crippen LogP contribution in [0.2, 0.25) is 0 Å². The number of aromatic nitrogens is 1. The van der Waals surface area contributed by atoms with Crippen molar-refractivity contribution >= 4 is 45.1 Å². The van der Waals surface area contributed by atoms with Gasteiger partial charge in [0.05, 0.1) is 11.1 Å². The molecule has 0 atom stereocenters. The molecule has 0 aliphatic carbocycles. The normalized spacial score (nSPS) is 14.3. The molecule has 1 amide bonds. The highest BCUT2D eigenvalue weighted by Crippen LogP contribution is 2.38. The molecule has 6 heteroatoms. The fourth-order valence-electron chi connectivity index (χ4n) is 3.38. The van der Waals surface area contributed by atoms with Crippen molar-refractivity contribution in [3.63, 3.8) is 0 Å². The second-order valence-corrected chi connectivity index (χ2v) is 7.20. The van der Waals surface area contributed by atoms with Gasteiger partial charge in [-0.1, -0.05) is 46.3 Å². The SMILES string of the molecule is Cc1[nH]c(C=C2C(=O)Nc3ccc(Br)cc32)c(-c2ccccc2)c1C(=O)O. The monoisotopic (exact) mass is 422 g/mol. The summed E-state index contributed by atoms with van der Waals surface area (Å²) in [6, 6.07) is 14.9. The van der Waals surface area contributed by atoms with E-state index < -0.39 is 5.97 Å². The number of hydrogen-bond donors (Lipinski definition) is 3. The molecule has 3 aromatic rings. The highest BCUT2D eigenvalue weighted by atomic mass is 79.9. The number of carboxylic acids is 1. The predicted molar refractivity (Wildman–Crippen MR) is 109 cm³/mol. The topological polar surface area (TPSA) is 82.2 Å². The molecular weight excluding hydrogens is 408 g/mol. The Balaban J connectivity index is 1.95. The largest absolute Gasteiger partial charge is 0.478 e. The van der Waals surface area contributed by atoms with Gasteiger partial charge in [0.25, 0.3) is 5.91 Å². The maximum atomic E-state index is 12.5. The van der Waals surface area contributed by atoms with E-state index in [-0.39, 0.29) is 11.5 Å². The number of hydrogen-bond acceptors (Lipinski definition) is 2. The Morgan fingerprint density at radius 1 is 1.15 bits per heavy atom. The summed E-state index contributed by atoms with van der Waals surface area (Å²) in [6.07, 6.45) is 1.72. The number of fused-ring (bicyclic) bond motifs is 1. The van der Waals surface area contributed by atoms with E-state index in [2.05, 4.69) is 26.2 Å². The molecule has 0 unspecified atom stereocenters. The van der Waals surface area contributed by atoms with Crippen LogP contribution in [-0.2, 0) is 4.79 Å². The number of nitrogens with one attached hydrogen (secondary N) is 2. The third-order valence-corrected chi connectivity index (χ3v) is 5.04. The van der Waals surface area contributed by atoms with Gasteiger partial charge >= 0.3 is 5.97 Å². The lowest BCUT2D eigenvalue weighted by Crippen LogP contribution is -2.03. The van der Waals surface area contributed by atoms with E-state index in [1.54, 1.807) is 13.0 Å². The maximum absolute atomic E-state index is 12.5. The zero-order valence-corrected chi connectivity index (χ0v) is 15.9. The standard InChI is InChI=1S/C21H15BrN2O3/c1-11-18(21(26)27)19(12-5-3-2-4-6-12)17(23-11)10-15-14-9-13(22)7-8-16(14)24-20(15)25/h2-10,23H,1H3,(H,24,25)(H,26,27). The second-order valence-electron chi connectivity index (χ2n) is 6.29. The van der Waals surface area contributed by atoms with E-state index in [1.807, 2.05) is 48.5 Å². The van der Waals surface area contributed by atoms with E-state index in [0.29, 0.717) is 22.5 Å². The van der Waals surface area contributed by atoms with Gasteiger partial charge in [0.2, 0.25) is 0 Å². The molecule has 0 spiro atoms. The summed E-state index contributed by atoms with van der Waals surface area (Å²) in [5.74, 6) is -1.22. The van der Waals surface area contributed by atoms with Crippen LogP contribution in [0.1, 0.15) is 27.3 Å². The number of H-pyrrole nitrogens is 1. The Hall–Kier alpha value is -3.12. The number of carboxylic acid groups (broad SMARTS) is 1. The Bertz CT molecular complexity index is 1110. The van der Waals surface area contributed by atoms with Crippen molar-refractivity contribution in [1.82, 2.24) is 4.98 Å². The van der Waals surface area contributed by atoms with Crippen molar-refractivity contribution in [3.8, 4) is 11.1 Å². The number of anilines is 1. The molecule has 4 rings (SSSR count). The van der Waals surface area contributed by atoms with Crippen molar-refractivity contribution in [2.24, 2.45) is 0 Å². The first-order chi connectivity index (χ1) is 13.0. The molecule has 1 aliphatic rings. The Morgan fingerprint density at radius 3 is 2.59 bits per heavy atom. The first kappa shape index (κ1) is 17.3. The quantitative estimate of drug-likeness (QED) is 0.522. The molecule has 0 saturated heterocycles. The zero-order valence-electron chi connectivity index (χ0n) is 14.3. The van der Waals surface area contributed by atoms with Crippen LogP contribution in [-0.4, -0.2) is 22.0 Å². The lowest BCUT2D eigenvalue weighted by molar-refractivity contribution is -0.110. The van der Waals surface area contributed by atoms with Gasteiger partial charge in [-0.25, -0.2) is 4.79 Å². The summed E-state index contributed by atoms with van der Waals surface area (Å²) < 4.78 is 0.862. The molecule has 2 aromatic carbocycles. The van der Waals surface area contributed by atoms with Crippen LogP contribution in [0.4, 0.5) is 5.69 Å². The van der Waals surface area contributed by atoms with Crippen molar-refractivity contribution in [2.45, 2.75) is 6.92 Å². The minimum atomic E-state index is -1.01. The summed E-state index contributed by atoms with van der Waals surface area (Å²) in [4.78, 5) is 27.5. The number of halogens is 1. The molecule has 0 bridgehead atoms. The molecule has 134 valence electrons. The minimum absolute atomic E-state index is 0.209. The zero-order chi connectivity index (χ0) is 19.1. The summed E-state index contributed by atoms with van der Waals surface area (Å²) >= 11 is 3.43. The first-order valence-electron chi connectivity index (χ1n) is 8.30. The lowest BCUT2D eigenvalue weighted by atomic mass is 9.98. The maximum Gasteiger partial charge on any atom is 0.338 e. The highest BCUT2D eigenvalue weighted by molar-refractivity contribution is 9.10. The molecule has 0 saturated carbocycles. The molecule has 0 radical (unpaired) electrons. The Kier molecular flexibility index (Phi) is 4.20. The lowest BCUT2D eigenvalue weighted by Gasteiger charge is -2.05. The van der Waals surface area contributed by atoms with Crippen LogP contribution < -0.4 is 5.32 Å². The average Bonchev–Trinajstić information content (AvgIpc) is 3.13. The molecule has 27 heavy (non-hydrogen) atoms.